The van der Waals surface area contributed by atoms with E-state index in [1.807, 2.05) is 6.07 Å². The number of nitrogens with two attached hydrogens (primary N) is 1. The first-order chi connectivity index (χ1) is 8.60. The van der Waals surface area contributed by atoms with Crippen molar-refractivity contribution in [3.8, 4) is 0 Å². The number of hydrogen-bond acceptors (Lipinski definition) is 3. The first kappa shape index (κ1) is 13.5. The lowest BCUT2D eigenvalue weighted by Crippen LogP contribution is -2.44. The molecule has 1 saturated carbocycles. The summed E-state index contributed by atoms with van der Waals surface area (Å²) < 4.78 is 19.2. The fourth-order valence-corrected chi connectivity index (χ4v) is 2.53. The Bertz CT molecular complexity index is 413. The van der Waals surface area contributed by atoms with Gasteiger partial charge in [0.15, 0.2) is 0 Å². The molecule has 0 saturated heterocycles. The highest BCUT2D eigenvalue weighted by Crippen LogP contribution is 2.41. The van der Waals surface area contributed by atoms with E-state index in [0.717, 1.165) is 24.8 Å². The molecule has 0 heterocycles. The van der Waals surface area contributed by atoms with Crippen molar-refractivity contribution in [1.29, 1.82) is 0 Å². The molecular formula is C14H21FN2O. The molecule has 3 N–H and O–H groups in total. The Kier molecular flexibility index (Phi) is 4.00. The third kappa shape index (κ3) is 2.55. The smallest absolute Gasteiger partial charge is 0.126 e. The molecule has 2 rings (SSSR count). The lowest BCUT2D eigenvalue weighted by molar-refractivity contribution is -0.0838. The van der Waals surface area contributed by atoms with E-state index in [2.05, 4.69) is 5.43 Å². The summed E-state index contributed by atoms with van der Waals surface area (Å²) in [5, 5.41) is 0. The van der Waals surface area contributed by atoms with E-state index in [1.165, 1.54) is 6.42 Å². The van der Waals surface area contributed by atoms with Crippen molar-refractivity contribution in [3.05, 3.63) is 35.1 Å². The molecule has 0 radical (unpaired) electrons. The maximum Gasteiger partial charge on any atom is 0.126 e. The van der Waals surface area contributed by atoms with Crippen molar-refractivity contribution in [1.82, 2.24) is 5.43 Å². The predicted molar refractivity (Wildman–Crippen MR) is 69.4 cm³/mol. The van der Waals surface area contributed by atoms with Crippen LogP contribution in [-0.2, 0) is 4.74 Å². The molecule has 1 aliphatic carbocycles. The molecule has 0 aliphatic heterocycles. The summed E-state index contributed by atoms with van der Waals surface area (Å²) in [5.41, 5.74) is 4.22. The molecule has 0 bridgehead atoms. The lowest BCUT2D eigenvalue weighted by Gasteiger charge is -2.42. The van der Waals surface area contributed by atoms with E-state index in [1.54, 1.807) is 26.2 Å². The van der Waals surface area contributed by atoms with Crippen LogP contribution in [0.15, 0.2) is 18.2 Å². The second-order valence-corrected chi connectivity index (χ2v) is 5.17. The van der Waals surface area contributed by atoms with E-state index < -0.39 is 0 Å². The Morgan fingerprint density at radius 1 is 1.50 bits per heavy atom. The number of methoxy groups -OCH3 is 1. The van der Waals surface area contributed by atoms with Gasteiger partial charge in [-0.15, -0.1) is 0 Å². The maximum absolute atomic E-state index is 13.6. The zero-order chi connectivity index (χ0) is 13.2. The molecule has 3 nitrogen and oxygen atoms in total. The highest BCUT2D eigenvalue weighted by atomic mass is 19.1. The largest absolute Gasteiger partial charge is 0.378 e. The van der Waals surface area contributed by atoms with Crippen LogP contribution in [-0.4, -0.2) is 12.7 Å². The van der Waals surface area contributed by atoms with Crippen molar-refractivity contribution in [2.45, 2.75) is 44.2 Å². The van der Waals surface area contributed by atoms with E-state index in [0.29, 0.717) is 5.56 Å². The molecule has 4 heteroatoms. The second-order valence-electron chi connectivity index (χ2n) is 5.17. The Hall–Kier alpha value is -0.970. The molecule has 1 unspecified atom stereocenters. The summed E-state index contributed by atoms with van der Waals surface area (Å²) in [6, 6.07) is 5.20. The normalized spacial score (nSPS) is 19.3. The molecular weight excluding hydrogens is 231 g/mol. The van der Waals surface area contributed by atoms with Crippen LogP contribution in [0, 0.1) is 12.7 Å². The zero-order valence-corrected chi connectivity index (χ0v) is 11.0. The van der Waals surface area contributed by atoms with Gasteiger partial charge in [-0.1, -0.05) is 12.1 Å². The van der Waals surface area contributed by atoms with Crippen LogP contribution in [0.5, 0.6) is 0 Å². The molecule has 0 aromatic heterocycles. The monoisotopic (exact) mass is 252 g/mol. The molecule has 100 valence electrons. The van der Waals surface area contributed by atoms with Gasteiger partial charge in [0, 0.05) is 13.2 Å². The minimum Gasteiger partial charge on any atom is -0.378 e. The summed E-state index contributed by atoms with van der Waals surface area (Å²) in [4.78, 5) is 0. The van der Waals surface area contributed by atoms with Gasteiger partial charge in [-0.3, -0.25) is 11.3 Å². The zero-order valence-electron chi connectivity index (χ0n) is 11.0. The highest BCUT2D eigenvalue weighted by molar-refractivity contribution is 5.26. The lowest BCUT2D eigenvalue weighted by atomic mass is 9.75. The van der Waals surface area contributed by atoms with Gasteiger partial charge >= 0.3 is 0 Å². The molecule has 0 spiro atoms. The van der Waals surface area contributed by atoms with E-state index >= 15 is 0 Å². The number of aryl methyl sites for hydroxylation is 1. The number of hydrazine groups is 1. The fourth-order valence-electron chi connectivity index (χ4n) is 2.53. The van der Waals surface area contributed by atoms with Crippen LogP contribution in [0.3, 0.4) is 0 Å². The van der Waals surface area contributed by atoms with Gasteiger partial charge in [-0.05, 0) is 49.8 Å². The molecule has 1 fully saturated rings. The third-order valence-corrected chi connectivity index (χ3v) is 4.07. The first-order valence-electron chi connectivity index (χ1n) is 6.37. The third-order valence-electron chi connectivity index (χ3n) is 4.07. The van der Waals surface area contributed by atoms with Gasteiger partial charge < -0.3 is 4.74 Å². The maximum atomic E-state index is 13.6. The number of nitrogens with one attached hydrogen (secondary N) is 1. The SMILES string of the molecule is COC1(CC(NN)c2ccc(C)c(F)c2)CCC1. The number of hydrogen-bond donors (Lipinski definition) is 2. The molecule has 1 aliphatic rings. The molecule has 18 heavy (non-hydrogen) atoms. The van der Waals surface area contributed by atoms with Crippen LogP contribution in [0.2, 0.25) is 0 Å². The van der Waals surface area contributed by atoms with Crippen LogP contribution < -0.4 is 11.3 Å². The predicted octanol–water partition coefficient (Wildman–Crippen LogP) is 2.60. The van der Waals surface area contributed by atoms with Crippen LogP contribution in [0.25, 0.3) is 0 Å². The topological polar surface area (TPSA) is 47.3 Å². The van der Waals surface area contributed by atoms with Gasteiger partial charge in [0.1, 0.15) is 5.82 Å². The molecule has 1 aromatic rings. The fraction of sp³-hybridized carbons (Fsp3) is 0.571. The second kappa shape index (κ2) is 5.34. The van der Waals surface area contributed by atoms with E-state index in [9.17, 15) is 4.39 Å². The quantitative estimate of drug-likeness (QED) is 0.625. The van der Waals surface area contributed by atoms with Crippen molar-refractivity contribution < 1.29 is 9.13 Å². The summed E-state index contributed by atoms with van der Waals surface area (Å²) in [5.74, 6) is 5.42. The Morgan fingerprint density at radius 2 is 2.22 bits per heavy atom. The Morgan fingerprint density at radius 3 is 2.67 bits per heavy atom. The van der Waals surface area contributed by atoms with Gasteiger partial charge in [0.2, 0.25) is 0 Å². The first-order valence-corrected chi connectivity index (χ1v) is 6.37. The van der Waals surface area contributed by atoms with Crippen molar-refractivity contribution in [2.75, 3.05) is 7.11 Å². The summed E-state index contributed by atoms with van der Waals surface area (Å²) >= 11 is 0. The number of halogens is 1. The number of rotatable bonds is 5. The minimum absolute atomic E-state index is 0.0691. The van der Waals surface area contributed by atoms with Gasteiger partial charge in [-0.2, -0.15) is 0 Å². The Balaban J connectivity index is 2.14. The van der Waals surface area contributed by atoms with Crippen LogP contribution in [0.1, 0.15) is 42.9 Å². The minimum atomic E-state index is -0.187. The molecule has 1 aromatic carbocycles. The summed E-state index contributed by atoms with van der Waals surface area (Å²) in [6.07, 6.45) is 4.07. The average molecular weight is 252 g/mol. The molecule has 0 amide bonds. The average Bonchev–Trinajstić information content (AvgIpc) is 2.33. The number of ether oxygens (including phenoxy) is 1. The van der Waals surface area contributed by atoms with E-state index in [4.69, 9.17) is 10.6 Å². The standard InChI is InChI=1S/C14H21FN2O/c1-10-4-5-11(8-12(10)15)13(17-16)9-14(18-2)6-3-7-14/h4-5,8,13,17H,3,6-7,9,16H2,1-2H3. The van der Waals surface area contributed by atoms with Gasteiger partial charge in [-0.25, -0.2) is 4.39 Å². The Labute approximate surface area is 107 Å². The molecule has 1 atom stereocenters. The van der Waals surface area contributed by atoms with Gasteiger partial charge in [0.25, 0.3) is 0 Å². The van der Waals surface area contributed by atoms with Crippen molar-refractivity contribution in [2.24, 2.45) is 5.84 Å². The van der Waals surface area contributed by atoms with Crippen molar-refractivity contribution in [3.63, 3.8) is 0 Å². The van der Waals surface area contributed by atoms with Crippen molar-refractivity contribution >= 4 is 0 Å². The van der Waals surface area contributed by atoms with E-state index in [-0.39, 0.29) is 17.5 Å². The van der Waals surface area contributed by atoms with Crippen LogP contribution in [0.4, 0.5) is 4.39 Å². The summed E-state index contributed by atoms with van der Waals surface area (Å²) in [7, 11) is 1.74. The highest BCUT2D eigenvalue weighted by Gasteiger charge is 2.39. The number of benzene rings is 1. The van der Waals surface area contributed by atoms with Gasteiger partial charge in [0.05, 0.1) is 5.60 Å². The summed E-state index contributed by atoms with van der Waals surface area (Å²) in [6.45, 7) is 1.76. The van der Waals surface area contributed by atoms with Crippen LogP contribution >= 0.6 is 0 Å².